The van der Waals surface area contributed by atoms with Gasteiger partial charge in [-0.2, -0.15) is 0 Å². The second kappa shape index (κ2) is 5.25. The maximum absolute atomic E-state index is 11.8. The van der Waals surface area contributed by atoms with E-state index in [9.17, 15) is 8.42 Å². The molecule has 0 unspecified atom stereocenters. The lowest BCUT2D eigenvalue weighted by Crippen LogP contribution is -2.25. The van der Waals surface area contributed by atoms with Gasteiger partial charge in [0.2, 0.25) is 10.0 Å². The van der Waals surface area contributed by atoms with Gasteiger partial charge in [-0.25, -0.2) is 13.1 Å². The van der Waals surface area contributed by atoms with E-state index in [1.807, 2.05) is 6.07 Å². The molecule has 0 spiro atoms. The average molecular weight is 228 g/mol. The first-order valence-corrected chi connectivity index (χ1v) is 6.32. The summed E-state index contributed by atoms with van der Waals surface area (Å²) < 4.78 is 26.1. The standard InChI is InChI=1S/C10H16N2O2S/c1-3-12-15(13,14)10-7-5-4-6-9(10)8-11-2/h4-7,11-12H,3,8H2,1-2H3. The molecule has 15 heavy (non-hydrogen) atoms. The van der Waals surface area contributed by atoms with Gasteiger partial charge in [-0.05, 0) is 18.7 Å². The number of benzene rings is 1. The molecule has 0 bridgehead atoms. The molecule has 1 rings (SSSR count). The first-order chi connectivity index (χ1) is 7.11. The Morgan fingerprint density at radius 1 is 1.27 bits per heavy atom. The van der Waals surface area contributed by atoms with Crippen molar-refractivity contribution >= 4 is 10.0 Å². The molecule has 0 saturated carbocycles. The van der Waals surface area contributed by atoms with E-state index in [0.29, 0.717) is 18.0 Å². The van der Waals surface area contributed by atoms with Crippen LogP contribution in [0.1, 0.15) is 12.5 Å². The third-order valence-corrected chi connectivity index (χ3v) is 3.61. The van der Waals surface area contributed by atoms with E-state index in [1.165, 1.54) is 0 Å². The number of sulfonamides is 1. The zero-order chi connectivity index (χ0) is 11.3. The lowest BCUT2D eigenvalue weighted by Gasteiger charge is -2.09. The highest BCUT2D eigenvalue weighted by atomic mass is 32.2. The Morgan fingerprint density at radius 2 is 1.93 bits per heavy atom. The van der Waals surface area contributed by atoms with E-state index in [0.717, 1.165) is 5.56 Å². The van der Waals surface area contributed by atoms with Crippen molar-refractivity contribution in [2.45, 2.75) is 18.4 Å². The summed E-state index contributed by atoms with van der Waals surface area (Å²) >= 11 is 0. The molecule has 0 saturated heterocycles. The van der Waals surface area contributed by atoms with Crippen LogP contribution in [-0.2, 0) is 16.6 Å². The Hall–Kier alpha value is -0.910. The first-order valence-electron chi connectivity index (χ1n) is 4.84. The van der Waals surface area contributed by atoms with Gasteiger partial charge in [0.15, 0.2) is 0 Å². The average Bonchev–Trinajstić information content (AvgIpc) is 2.19. The van der Waals surface area contributed by atoms with Gasteiger partial charge in [0.25, 0.3) is 0 Å². The van der Waals surface area contributed by atoms with Crippen molar-refractivity contribution in [2.75, 3.05) is 13.6 Å². The molecule has 4 nitrogen and oxygen atoms in total. The third-order valence-electron chi connectivity index (χ3n) is 1.96. The fourth-order valence-electron chi connectivity index (χ4n) is 1.37. The summed E-state index contributed by atoms with van der Waals surface area (Å²) in [6.07, 6.45) is 0. The highest BCUT2D eigenvalue weighted by molar-refractivity contribution is 7.89. The minimum atomic E-state index is -3.35. The van der Waals surface area contributed by atoms with E-state index in [2.05, 4.69) is 10.0 Å². The van der Waals surface area contributed by atoms with Crippen LogP contribution in [0.3, 0.4) is 0 Å². The van der Waals surface area contributed by atoms with Crippen LogP contribution in [0.25, 0.3) is 0 Å². The molecule has 0 aliphatic carbocycles. The summed E-state index contributed by atoms with van der Waals surface area (Å²) in [6.45, 7) is 2.70. The van der Waals surface area contributed by atoms with Crippen LogP contribution in [0.15, 0.2) is 29.2 Å². The minimum absolute atomic E-state index is 0.348. The van der Waals surface area contributed by atoms with Crippen molar-refractivity contribution in [1.29, 1.82) is 0 Å². The number of hydrogen-bond donors (Lipinski definition) is 2. The number of hydrogen-bond acceptors (Lipinski definition) is 3. The fraction of sp³-hybridized carbons (Fsp3) is 0.400. The van der Waals surface area contributed by atoms with Crippen LogP contribution < -0.4 is 10.0 Å². The van der Waals surface area contributed by atoms with E-state index in [4.69, 9.17) is 0 Å². The van der Waals surface area contributed by atoms with Crippen molar-refractivity contribution in [2.24, 2.45) is 0 Å². The highest BCUT2D eigenvalue weighted by Gasteiger charge is 2.15. The van der Waals surface area contributed by atoms with Gasteiger partial charge in [-0.3, -0.25) is 0 Å². The Kier molecular flexibility index (Phi) is 4.26. The van der Waals surface area contributed by atoms with E-state index in [-0.39, 0.29) is 0 Å². The quantitative estimate of drug-likeness (QED) is 0.780. The summed E-state index contributed by atoms with van der Waals surface area (Å²) in [4.78, 5) is 0.348. The molecule has 84 valence electrons. The van der Waals surface area contributed by atoms with Gasteiger partial charge >= 0.3 is 0 Å². The van der Waals surface area contributed by atoms with Crippen LogP contribution in [0.4, 0.5) is 0 Å². The summed E-state index contributed by atoms with van der Waals surface area (Å²) in [5.74, 6) is 0. The van der Waals surface area contributed by atoms with Gasteiger partial charge in [0.05, 0.1) is 4.90 Å². The predicted octanol–water partition coefficient (Wildman–Crippen LogP) is 0.704. The third kappa shape index (κ3) is 3.02. The summed E-state index contributed by atoms with van der Waals surface area (Å²) in [5.41, 5.74) is 0.779. The van der Waals surface area contributed by atoms with Gasteiger partial charge in [0.1, 0.15) is 0 Å². The molecule has 0 aromatic heterocycles. The van der Waals surface area contributed by atoms with E-state index < -0.39 is 10.0 Å². The van der Waals surface area contributed by atoms with Crippen LogP contribution in [0, 0.1) is 0 Å². The van der Waals surface area contributed by atoms with Crippen LogP contribution >= 0.6 is 0 Å². The van der Waals surface area contributed by atoms with Crippen LogP contribution in [-0.4, -0.2) is 22.0 Å². The summed E-state index contributed by atoms with van der Waals surface area (Å²) in [5, 5.41) is 2.95. The van der Waals surface area contributed by atoms with Crippen molar-refractivity contribution in [3.8, 4) is 0 Å². The Balaban J connectivity index is 3.12. The van der Waals surface area contributed by atoms with Gasteiger partial charge in [-0.1, -0.05) is 25.1 Å². The second-order valence-corrected chi connectivity index (χ2v) is 4.87. The van der Waals surface area contributed by atoms with Crippen molar-refractivity contribution in [3.05, 3.63) is 29.8 Å². The molecule has 0 atom stereocenters. The molecule has 2 N–H and O–H groups in total. The first kappa shape index (κ1) is 12.2. The molecule has 0 amide bonds. The fourth-order valence-corrected chi connectivity index (χ4v) is 2.65. The number of rotatable bonds is 5. The molecule has 0 fully saturated rings. The topological polar surface area (TPSA) is 58.2 Å². The lowest BCUT2D eigenvalue weighted by molar-refractivity contribution is 0.582. The minimum Gasteiger partial charge on any atom is -0.316 e. The van der Waals surface area contributed by atoms with Crippen molar-refractivity contribution < 1.29 is 8.42 Å². The Labute approximate surface area is 90.8 Å². The maximum Gasteiger partial charge on any atom is 0.240 e. The number of nitrogens with one attached hydrogen (secondary N) is 2. The molecule has 0 aliphatic heterocycles. The molecule has 0 radical (unpaired) electrons. The SMILES string of the molecule is CCNS(=O)(=O)c1ccccc1CNC. The molecular weight excluding hydrogens is 212 g/mol. The van der Waals surface area contributed by atoms with Crippen LogP contribution in [0.2, 0.25) is 0 Å². The molecule has 1 aromatic rings. The molecule has 0 heterocycles. The Bertz CT molecular complexity index is 415. The zero-order valence-electron chi connectivity index (χ0n) is 8.95. The molecular formula is C10H16N2O2S. The van der Waals surface area contributed by atoms with Gasteiger partial charge < -0.3 is 5.32 Å². The van der Waals surface area contributed by atoms with Crippen LogP contribution in [0.5, 0.6) is 0 Å². The largest absolute Gasteiger partial charge is 0.316 e. The summed E-state index contributed by atoms with van der Waals surface area (Å²) in [6, 6.07) is 6.98. The molecule has 5 heteroatoms. The van der Waals surface area contributed by atoms with Gasteiger partial charge in [-0.15, -0.1) is 0 Å². The maximum atomic E-state index is 11.8. The predicted molar refractivity (Wildman–Crippen MR) is 60.1 cm³/mol. The molecule has 0 aliphatic rings. The normalized spacial score (nSPS) is 11.6. The van der Waals surface area contributed by atoms with Crippen molar-refractivity contribution in [1.82, 2.24) is 10.0 Å². The monoisotopic (exact) mass is 228 g/mol. The highest BCUT2D eigenvalue weighted by Crippen LogP contribution is 2.14. The molecule has 1 aromatic carbocycles. The zero-order valence-corrected chi connectivity index (χ0v) is 9.76. The smallest absolute Gasteiger partial charge is 0.240 e. The Morgan fingerprint density at radius 3 is 2.53 bits per heavy atom. The van der Waals surface area contributed by atoms with E-state index >= 15 is 0 Å². The van der Waals surface area contributed by atoms with Gasteiger partial charge in [0, 0.05) is 13.1 Å². The van der Waals surface area contributed by atoms with E-state index in [1.54, 1.807) is 32.2 Å². The lowest BCUT2D eigenvalue weighted by atomic mass is 10.2. The summed E-state index contributed by atoms with van der Waals surface area (Å²) in [7, 11) is -1.56. The second-order valence-electron chi connectivity index (χ2n) is 3.14. The van der Waals surface area contributed by atoms with Crippen molar-refractivity contribution in [3.63, 3.8) is 0 Å².